The number of benzene rings is 1. The van der Waals surface area contributed by atoms with Crippen LogP contribution >= 0.6 is 0 Å². The summed E-state index contributed by atoms with van der Waals surface area (Å²) in [6, 6.07) is 7.87. The Balaban J connectivity index is 1.80. The van der Waals surface area contributed by atoms with E-state index in [-0.39, 0.29) is 17.9 Å². The number of nitrogens with one attached hydrogen (secondary N) is 1. The lowest BCUT2D eigenvalue weighted by Gasteiger charge is -2.06. The van der Waals surface area contributed by atoms with Gasteiger partial charge >= 0.3 is 5.97 Å². The molecule has 0 fully saturated rings. The number of esters is 1. The average Bonchev–Trinajstić information content (AvgIpc) is 2.98. The predicted molar refractivity (Wildman–Crippen MR) is 73.7 cm³/mol. The molecule has 21 heavy (non-hydrogen) atoms. The highest BCUT2D eigenvalue weighted by molar-refractivity contribution is 5.91. The van der Waals surface area contributed by atoms with Gasteiger partial charge in [0.05, 0.1) is 18.4 Å². The standard InChI is InChI=1S/C15H15NO5/c1-10-4-5-11(7-13(10)17)15(19)21-9-14(18)16-8-12-3-2-6-20-12/h2-7,17H,8-9H2,1H3,(H,16,18). The van der Waals surface area contributed by atoms with Gasteiger partial charge in [-0.1, -0.05) is 6.07 Å². The molecular formula is C15H15NO5. The first-order valence-electron chi connectivity index (χ1n) is 6.32. The molecule has 110 valence electrons. The van der Waals surface area contributed by atoms with E-state index < -0.39 is 18.5 Å². The van der Waals surface area contributed by atoms with Crippen LogP contribution in [0, 0.1) is 6.92 Å². The smallest absolute Gasteiger partial charge is 0.338 e. The molecule has 1 heterocycles. The van der Waals surface area contributed by atoms with Crippen LogP contribution in [0.5, 0.6) is 5.75 Å². The lowest BCUT2D eigenvalue weighted by Crippen LogP contribution is -2.28. The van der Waals surface area contributed by atoms with E-state index in [4.69, 9.17) is 9.15 Å². The number of hydrogen-bond acceptors (Lipinski definition) is 5. The summed E-state index contributed by atoms with van der Waals surface area (Å²) in [7, 11) is 0. The molecule has 0 saturated carbocycles. The molecule has 0 radical (unpaired) electrons. The number of ether oxygens (including phenoxy) is 1. The van der Waals surface area contributed by atoms with Gasteiger partial charge in [-0.15, -0.1) is 0 Å². The van der Waals surface area contributed by atoms with Crippen molar-refractivity contribution < 1.29 is 23.8 Å². The van der Waals surface area contributed by atoms with E-state index in [1.165, 1.54) is 18.4 Å². The number of aryl methyl sites for hydroxylation is 1. The first-order chi connectivity index (χ1) is 10.1. The van der Waals surface area contributed by atoms with Crippen LogP contribution in [0.4, 0.5) is 0 Å². The highest BCUT2D eigenvalue weighted by Crippen LogP contribution is 2.17. The van der Waals surface area contributed by atoms with Gasteiger partial charge in [0.2, 0.25) is 0 Å². The highest BCUT2D eigenvalue weighted by Gasteiger charge is 2.11. The maximum Gasteiger partial charge on any atom is 0.338 e. The van der Waals surface area contributed by atoms with Crippen LogP contribution in [-0.2, 0) is 16.1 Å². The Morgan fingerprint density at radius 1 is 1.33 bits per heavy atom. The van der Waals surface area contributed by atoms with Crippen molar-refractivity contribution in [1.82, 2.24) is 5.32 Å². The monoisotopic (exact) mass is 289 g/mol. The summed E-state index contributed by atoms with van der Waals surface area (Å²) in [5.41, 5.74) is 0.847. The van der Waals surface area contributed by atoms with Gasteiger partial charge in [0.25, 0.3) is 5.91 Å². The Labute approximate surface area is 121 Å². The zero-order chi connectivity index (χ0) is 15.2. The summed E-state index contributed by atoms with van der Waals surface area (Å²) < 4.78 is 9.91. The minimum absolute atomic E-state index is 0.00622. The number of carbonyl (C=O) groups is 2. The number of carbonyl (C=O) groups excluding carboxylic acids is 2. The minimum Gasteiger partial charge on any atom is -0.508 e. The first kappa shape index (κ1) is 14.6. The first-order valence-corrected chi connectivity index (χ1v) is 6.32. The van der Waals surface area contributed by atoms with E-state index in [0.29, 0.717) is 11.3 Å². The molecule has 0 saturated heterocycles. The van der Waals surface area contributed by atoms with Gasteiger partial charge in [0, 0.05) is 0 Å². The Bertz CT molecular complexity index is 634. The zero-order valence-electron chi connectivity index (χ0n) is 11.5. The molecule has 0 spiro atoms. The van der Waals surface area contributed by atoms with Crippen molar-refractivity contribution in [2.45, 2.75) is 13.5 Å². The fourth-order valence-electron chi connectivity index (χ4n) is 1.60. The van der Waals surface area contributed by atoms with Crippen LogP contribution in [0.2, 0.25) is 0 Å². The summed E-state index contributed by atoms with van der Waals surface area (Å²) in [5, 5.41) is 12.1. The summed E-state index contributed by atoms with van der Waals surface area (Å²) in [6.45, 7) is 1.55. The van der Waals surface area contributed by atoms with Gasteiger partial charge in [0.15, 0.2) is 6.61 Å². The number of phenols is 1. The third kappa shape index (κ3) is 4.10. The van der Waals surface area contributed by atoms with Crippen LogP contribution < -0.4 is 5.32 Å². The second-order valence-corrected chi connectivity index (χ2v) is 4.43. The second kappa shape index (κ2) is 6.60. The Hall–Kier alpha value is -2.76. The summed E-state index contributed by atoms with van der Waals surface area (Å²) >= 11 is 0. The van der Waals surface area contributed by atoms with Crippen molar-refractivity contribution in [2.24, 2.45) is 0 Å². The second-order valence-electron chi connectivity index (χ2n) is 4.43. The number of amides is 1. The van der Waals surface area contributed by atoms with Gasteiger partial charge < -0.3 is 19.6 Å². The lowest BCUT2D eigenvalue weighted by atomic mass is 10.1. The SMILES string of the molecule is Cc1ccc(C(=O)OCC(=O)NCc2ccco2)cc1O. The largest absolute Gasteiger partial charge is 0.508 e. The fourth-order valence-corrected chi connectivity index (χ4v) is 1.60. The van der Waals surface area contributed by atoms with Gasteiger partial charge in [-0.3, -0.25) is 4.79 Å². The Kier molecular flexibility index (Phi) is 4.61. The predicted octanol–water partition coefficient (Wildman–Crippen LogP) is 1.77. The van der Waals surface area contributed by atoms with Crippen LogP contribution in [0.15, 0.2) is 41.0 Å². The molecule has 0 aliphatic rings. The quantitative estimate of drug-likeness (QED) is 0.819. The Morgan fingerprint density at radius 3 is 2.81 bits per heavy atom. The lowest BCUT2D eigenvalue weighted by molar-refractivity contribution is -0.124. The van der Waals surface area contributed by atoms with Crippen LogP contribution in [0.3, 0.4) is 0 Å². The van der Waals surface area contributed by atoms with Crippen molar-refractivity contribution >= 4 is 11.9 Å². The normalized spacial score (nSPS) is 10.1. The van der Waals surface area contributed by atoms with Crippen molar-refractivity contribution in [2.75, 3.05) is 6.61 Å². The van der Waals surface area contributed by atoms with E-state index in [2.05, 4.69) is 5.32 Å². The molecule has 1 aromatic carbocycles. The Morgan fingerprint density at radius 2 is 2.14 bits per heavy atom. The van der Waals surface area contributed by atoms with Gasteiger partial charge in [-0.25, -0.2) is 4.79 Å². The maximum atomic E-state index is 11.7. The summed E-state index contributed by atoms with van der Waals surface area (Å²) in [4.78, 5) is 23.2. The molecule has 0 aliphatic carbocycles. The van der Waals surface area contributed by atoms with E-state index in [1.54, 1.807) is 25.1 Å². The number of phenolic OH excluding ortho intramolecular Hbond substituents is 1. The molecule has 2 N–H and O–H groups in total. The van der Waals surface area contributed by atoms with E-state index in [9.17, 15) is 14.7 Å². The van der Waals surface area contributed by atoms with Crippen molar-refractivity contribution in [3.63, 3.8) is 0 Å². The maximum absolute atomic E-state index is 11.7. The molecule has 0 bridgehead atoms. The number of hydrogen-bond donors (Lipinski definition) is 2. The number of rotatable bonds is 5. The van der Waals surface area contributed by atoms with Crippen LogP contribution in [0.1, 0.15) is 21.7 Å². The van der Waals surface area contributed by atoms with Crippen LogP contribution in [0.25, 0.3) is 0 Å². The molecule has 1 amide bonds. The zero-order valence-corrected chi connectivity index (χ0v) is 11.5. The highest BCUT2D eigenvalue weighted by atomic mass is 16.5. The molecule has 2 aromatic rings. The third-order valence-corrected chi connectivity index (χ3v) is 2.82. The molecule has 0 aliphatic heterocycles. The van der Waals surface area contributed by atoms with Crippen molar-refractivity contribution in [3.05, 3.63) is 53.5 Å². The minimum atomic E-state index is -0.668. The van der Waals surface area contributed by atoms with Gasteiger partial charge in [0.1, 0.15) is 11.5 Å². The van der Waals surface area contributed by atoms with Crippen LogP contribution in [-0.4, -0.2) is 23.6 Å². The van der Waals surface area contributed by atoms with Gasteiger partial charge in [-0.05, 0) is 36.8 Å². The molecule has 1 aromatic heterocycles. The molecule has 6 nitrogen and oxygen atoms in total. The van der Waals surface area contributed by atoms with E-state index in [0.717, 1.165) is 0 Å². The number of aromatic hydroxyl groups is 1. The molecular weight excluding hydrogens is 274 g/mol. The molecule has 0 atom stereocenters. The average molecular weight is 289 g/mol. The molecule has 6 heteroatoms. The summed E-state index contributed by atoms with van der Waals surface area (Å²) in [6.07, 6.45) is 1.51. The molecule has 0 unspecified atom stereocenters. The van der Waals surface area contributed by atoms with E-state index >= 15 is 0 Å². The van der Waals surface area contributed by atoms with Gasteiger partial charge in [-0.2, -0.15) is 0 Å². The topological polar surface area (TPSA) is 88.8 Å². The number of furan rings is 1. The van der Waals surface area contributed by atoms with Crippen molar-refractivity contribution in [1.29, 1.82) is 0 Å². The molecule has 2 rings (SSSR count). The van der Waals surface area contributed by atoms with E-state index in [1.807, 2.05) is 0 Å². The summed E-state index contributed by atoms with van der Waals surface area (Å²) in [5.74, 6) is -0.487. The fraction of sp³-hybridized carbons (Fsp3) is 0.200. The third-order valence-electron chi connectivity index (χ3n) is 2.82. The van der Waals surface area contributed by atoms with Crippen molar-refractivity contribution in [3.8, 4) is 5.75 Å².